The van der Waals surface area contributed by atoms with Gasteiger partial charge in [-0.2, -0.15) is 0 Å². The normalized spacial score (nSPS) is 10.7. The van der Waals surface area contributed by atoms with Crippen LogP contribution in [0.5, 0.6) is 0 Å². The standard InChI is InChI=1S/C9H4BrClO2S/c10-4-1-5-6(9(12)13)3-14-8(5)7(11)2-4/h1-3H,(H,12,13). The van der Waals surface area contributed by atoms with Gasteiger partial charge >= 0.3 is 5.97 Å². The van der Waals surface area contributed by atoms with Crippen LogP contribution in [0.15, 0.2) is 22.0 Å². The number of benzene rings is 1. The molecule has 1 N–H and O–H groups in total. The Labute approximate surface area is 97.2 Å². The van der Waals surface area contributed by atoms with Crippen molar-refractivity contribution in [3.05, 3.63) is 32.6 Å². The van der Waals surface area contributed by atoms with Crippen molar-refractivity contribution in [3.63, 3.8) is 0 Å². The maximum atomic E-state index is 10.8. The number of carboxylic acids is 1. The van der Waals surface area contributed by atoms with Crippen LogP contribution in [0.4, 0.5) is 0 Å². The minimum atomic E-state index is -0.926. The summed E-state index contributed by atoms with van der Waals surface area (Å²) in [6.45, 7) is 0. The number of rotatable bonds is 1. The molecule has 1 aromatic heterocycles. The highest BCUT2D eigenvalue weighted by Crippen LogP contribution is 2.34. The summed E-state index contributed by atoms with van der Waals surface area (Å²) >= 11 is 10.6. The molecule has 0 aliphatic rings. The first-order chi connectivity index (χ1) is 6.59. The van der Waals surface area contributed by atoms with Gasteiger partial charge in [0.2, 0.25) is 0 Å². The van der Waals surface area contributed by atoms with Gasteiger partial charge in [0.05, 0.1) is 15.3 Å². The number of hydrogen-bond acceptors (Lipinski definition) is 2. The van der Waals surface area contributed by atoms with E-state index in [9.17, 15) is 4.79 Å². The second-order valence-corrected chi connectivity index (χ2v) is 4.92. The van der Waals surface area contributed by atoms with Crippen LogP contribution < -0.4 is 0 Å². The molecule has 0 saturated heterocycles. The summed E-state index contributed by atoms with van der Waals surface area (Å²) in [6, 6.07) is 3.52. The van der Waals surface area contributed by atoms with Crippen molar-refractivity contribution in [2.45, 2.75) is 0 Å². The van der Waals surface area contributed by atoms with Gasteiger partial charge in [0.1, 0.15) is 0 Å². The Bertz CT molecular complexity index is 521. The molecule has 0 atom stereocenters. The first kappa shape index (κ1) is 9.96. The summed E-state index contributed by atoms with van der Waals surface area (Å²) in [5, 5.41) is 11.8. The van der Waals surface area contributed by atoms with Gasteiger partial charge in [0.15, 0.2) is 0 Å². The fourth-order valence-corrected chi connectivity index (χ4v) is 3.10. The number of fused-ring (bicyclic) bond motifs is 1. The van der Waals surface area contributed by atoms with Crippen molar-refractivity contribution < 1.29 is 9.90 Å². The molecule has 2 nitrogen and oxygen atoms in total. The Morgan fingerprint density at radius 2 is 2.21 bits per heavy atom. The SMILES string of the molecule is O=C(O)c1csc2c(Cl)cc(Br)cc12. The first-order valence-electron chi connectivity index (χ1n) is 3.69. The number of aromatic carboxylic acids is 1. The Morgan fingerprint density at radius 1 is 1.50 bits per heavy atom. The lowest BCUT2D eigenvalue weighted by molar-refractivity contribution is 0.0699. The van der Waals surface area contributed by atoms with Crippen molar-refractivity contribution in [2.75, 3.05) is 0 Å². The molecule has 0 radical (unpaired) electrons. The zero-order valence-electron chi connectivity index (χ0n) is 6.75. The largest absolute Gasteiger partial charge is 0.478 e. The third-order valence-electron chi connectivity index (χ3n) is 1.82. The number of hydrogen-bond donors (Lipinski definition) is 1. The molecule has 0 aliphatic carbocycles. The zero-order valence-corrected chi connectivity index (χ0v) is 9.91. The van der Waals surface area contributed by atoms with E-state index in [0.717, 1.165) is 9.17 Å². The quantitative estimate of drug-likeness (QED) is 0.862. The van der Waals surface area contributed by atoms with E-state index in [0.29, 0.717) is 16.0 Å². The number of carbonyl (C=O) groups is 1. The molecule has 2 aromatic rings. The van der Waals surface area contributed by atoms with E-state index in [4.69, 9.17) is 16.7 Å². The van der Waals surface area contributed by atoms with Crippen LogP contribution in [0, 0.1) is 0 Å². The van der Waals surface area contributed by atoms with Gasteiger partial charge in [-0.15, -0.1) is 11.3 Å². The Balaban J connectivity index is 2.85. The van der Waals surface area contributed by atoms with Crippen LogP contribution in [0.1, 0.15) is 10.4 Å². The molecule has 5 heteroatoms. The molecule has 14 heavy (non-hydrogen) atoms. The fourth-order valence-electron chi connectivity index (χ4n) is 1.23. The summed E-state index contributed by atoms with van der Waals surface area (Å²) in [7, 11) is 0. The molecule has 1 heterocycles. The van der Waals surface area contributed by atoms with Crippen LogP contribution in [0.25, 0.3) is 10.1 Å². The lowest BCUT2D eigenvalue weighted by Gasteiger charge is -1.96. The van der Waals surface area contributed by atoms with Crippen molar-refractivity contribution in [3.8, 4) is 0 Å². The van der Waals surface area contributed by atoms with Crippen LogP contribution in [0.2, 0.25) is 5.02 Å². The number of halogens is 2. The Hall–Kier alpha value is -0.580. The third-order valence-corrected chi connectivity index (χ3v) is 3.72. The van der Waals surface area contributed by atoms with Gasteiger partial charge in [-0.1, -0.05) is 27.5 Å². The molecule has 0 aliphatic heterocycles. The first-order valence-corrected chi connectivity index (χ1v) is 5.74. The highest BCUT2D eigenvalue weighted by molar-refractivity contribution is 9.10. The maximum Gasteiger partial charge on any atom is 0.337 e. The molecule has 0 bridgehead atoms. The molecule has 0 spiro atoms. The second-order valence-electron chi connectivity index (χ2n) is 2.72. The van der Waals surface area contributed by atoms with E-state index < -0.39 is 5.97 Å². The van der Waals surface area contributed by atoms with E-state index in [1.54, 1.807) is 17.5 Å². The van der Waals surface area contributed by atoms with E-state index in [-0.39, 0.29) is 0 Å². The Morgan fingerprint density at radius 3 is 2.86 bits per heavy atom. The average Bonchev–Trinajstić information content (AvgIpc) is 2.47. The molecule has 72 valence electrons. The lowest BCUT2D eigenvalue weighted by atomic mass is 10.2. The molecule has 2 rings (SSSR count). The number of carboxylic acid groups (broad SMARTS) is 1. The smallest absolute Gasteiger partial charge is 0.337 e. The predicted octanol–water partition coefficient (Wildman–Crippen LogP) is 4.02. The minimum absolute atomic E-state index is 0.299. The van der Waals surface area contributed by atoms with E-state index in [1.165, 1.54) is 11.3 Å². The molecule has 0 unspecified atom stereocenters. The van der Waals surface area contributed by atoms with Crippen molar-refractivity contribution in [1.29, 1.82) is 0 Å². The summed E-state index contributed by atoms with van der Waals surface area (Å²) in [5.74, 6) is -0.926. The van der Waals surface area contributed by atoms with Crippen LogP contribution in [-0.2, 0) is 0 Å². The molecular weight excluding hydrogens is 288 g/mol. The minimum Gasteiger partial charge on any atom is -0.478 e. The van der Waals surface area contributed by atoms with Gasteiger partial charge in [-0.3, -0.25) is 0 Å². The van der Waals surface area contributed by atoms with Crippen molar-refractivity contribution in [1.82, 2.24) is 0 Å². The monoisotopic (exact) mass is 290 g/mol. The zero-order chi connectivity index (χ0) is 10.3. The van der Waals surface area contributed by atoms with Crippen LogP contribution in [0.3, 0.4) is 0 Å². The summed E-state index contributed by atoms with van der Waals surface area (Å²) in [4.78, 5) is 10.8. The fraction of sp³-hybridized carbons (Fsp3) is 0. The molecule has 0 fully saturated rings. The van der Waals surface area contributed by atoms with Gasteiger partial charge in [-0.25, -0.2) is 4.79 Å². The third kappa shape index (κ3) is 1.54. The maximum absolute atomic E-state index is 10.8. The van der Waals surface area contributed by atoms with Crippen LogP contribution >= 0.6 is 38.9 Å². The molecule has 1 aromatic carbocycles. The average molecular weight is 292 g/mol. The highest BCUT2D eigenvalue weighted by atomic mass is 79.9. The lowest BCUT2D eigenvalue weighted by Crippen LogP contribution is -1.93. The van der Waals surface area contributed by atoms with Crippen molar-refractivity contribution in [2.24, 2.45) is 0 Å². The molecule has 0 amide bonds. The summed E-state index contributed by atoms with van der Waals surface area (Å²) in [6.07, 6.45) is 0. The van der Waals surface area contributed by atoms with Gasteiger partial charge < -0.3 is 5.11 Å². The van der Waals surface area contributed by atoms with E-state index in [1.807, 2.05) is 0 Å². The highest BCUT2D eigenvalue weighted by Gasteiger charge is 2.13. The van der Waals surface area contributed by atoms with Gasteiger partial charge in [0.25, 0.3) is 0 Å². The van der Waals surface area contributed by atoms with Gasteiger partial charge in [-0.05, 0) is 12.1 Å². The second kappa shape index (κ2) is 3.53. The molecular formula is C9H4BrClO2S. The number of thiophene rings is 1. The summed E-state index contributed by atoms with van der Waals surface area (Å²) in [5.41, 5.74) is 0.299. The predicted molar refractivity (Wildman–Crippen MR) is 61.5 cm³/mol. The summed E-state index contributed by atoms with van der Waals surface area (Å²) < 4.78 is 1.60. The van der Waals surface area contributed by atoms with Crippen LogP contribution in [-0.4, -0.2) is 11.1 Å². The van der Waals surface area contributed by atoms with Crippen molar-refractivity contribution >= 4 is 54.9 Å². The van der Waals surface area contributed by atoms with Gasteiger partial charge in [0, 0.05) is 15.2 Å². The Kier molecular flexibility index (Phi) is 2.51. The van der Waals surface area contributed by atoms with E-state index >= 15 is 0 Å². The topological polar surface area (TPSA) is 37.3 Å². The molecule has 0 saturated carbocycles. The van der Waals surface area contributed by atoms with E-state index in [2.05, 4.69) is 15.9 Å².